The molecule has 0 aromatic carbocycles. The number of carbonyl (C=O) groups excluding carboxylic acids is 1. The Balaban J connectivity index is 2.63. The van der Waals surface area contributed by atoms with Crippen LogP contribution in [-0.2, 0) is 4.79 Å². The average molecular weight is 242 g/mol. The van der Waals surface area contributed by atoms with Crippen LogP contribution < -0.4 is 5.32 Å². The van der Waals surface area contributed by atoms with E-state index < -0.39 is 12.0 Å². The highest BCUT2D eigenvalue weighted by Gasteiger charge is 2.30. The molecule has 1 aliphatic rings. The summed E-state index contributed by atoms with van der Waals surface area (Å²) in [5.74, 6) is -0.856. The molecule has 0 heterocycles. The quantitative estimate of drug-likeness (QED) is 0.740. The molecule has 2 N–H and O–H groups in total. The van der Waals surface area contributed by atoms with E-state index in [-0.39, 0.29) is 11.9 Å². The zero-order valence-corrected chi connectivity index (χ0v) is 10.6. The number of hydrogen-bond acceptors (Lipinski definition) is 2. The first-order valence-corrected chi connectivity index (χ1v) is 6.23. The maximum Gasteiger partial charge on any atom is 0.326 e. The van der Waals surface area contributed by atoms with Crippen molar-refractivity contribution < 1.29 is 14.7 Å². The van der Waals surface area contributed by atoms with E-state index in [1.54, 1.807) is 14.1 Å². The molecule has 0 bridgehead atoms. The number of urea groups is 1. The van der Waals surface area contributed by atoms with Crippen molar-refractivity contribution in [2.24, 2.45) is 5.92 Å². The fourth-order valence-electron chi connectivity index (χ4n) is 2.29. The molecular formula is C12H22N2O3. The Labute approximate surface area is 102 Å². The third-order valence-electron chi connectivity index (χ3n) is 3.32. The van der Waals surface area contributed by atoms with Crippen LogP contribution in [0.2, 0.25) is 0 Å². The van der Waals surface area contributed by atoms with E-state index in [0.717, 1.165) is 25.7 Å². The fraction of sp³-hybridized carbons (Fsp3) is 0.833. The van der Waals surface area contributed by atoms with Crippen molar-refractivity contribution in [2.45, 2.75) is 44.6 Å². The summed E-state index contributed by atoms with van der Waals surface area (Å²) in [7, 11) is 3.22. The molecule has 1 saturated carbocycles. The highest BCUT2D eigenvalue weighted by atomic mass is 16.4. The van der Waals surface area contributed by atoms with E-state index in [4.69, 9.17) is 0 Å². The minimum absolute atomic E-state index is 0.0684. The van der Waals surface area contributed by atoms with Gasteiger partial charge in [-0.2, -0.15) is 0 Å². The predicted molar refractivity (Wildman–Crippen MR) is 64.8 cm³/mol. The summed E-state index contributed by atoms with van der Waals surface area (Å²) in [6, 6.07) is -1.08. The maximum atomic E-state index is 11.5. The number of carbonyl (C=O) groups is 2. The minimum Gasteiger partial charge on any atom is -0.480 e. The van der Waals surface area contributed by atoms with Crippen molar-refractivity contribution in [3.63, 3.8) is 0 Å². The average Bonchev–Trinajstić information content (AvgIpc) is 2.53. The number of amides is 2. The Hall–Kier alpha value is -1.26. The second-order valence-electron chi connectivity index (χ2n) is 4.91. The molecule has 1 aliphatic carbocycles. The van der Waals surface area contributed by atoms with Gasteiger partial charge in [0.05, 0.1) is 0 Å². The highest BCUT2D eigenvalue weighted by molar-refractivity contribution is 5.82. The number of nitrogens with one attached hydrogen (secondary N) is 1. The normalized spacial score (nSPS) is 19.2. The smallest absolute Gasteiger partial charge is 0.326 e. The van der Waals surface area contributed by atoms with Gasteiger partial charge in [-0.25, -0.2) is 9.59 Å². The summed E-state index contributed by atoms with van der Waals surface area (Å²) in [6.45, 7) is 0. The summed E-state index contributed by atoms with van der Waals surface area (Å²) in [5.41, 5.74) is 0. The van der Waals surface area contributed by atoms with Crippen LogP contribution in [0.1, 0.15) is 38.5 Å². The van der Waals surface area contributed by atoms with Crippen molar-refractivity contribution in [3.8, 4) is 0 Å². The Morgan fingerprint density at radius 1 is 1.18 bits per heavy atom. The van der Waals surface area contributed by atoms with Crippen LogP contribution in [-0.4, -0.2) is 42.1 Å². The van der Waals surface area contributed by atoms with Gasteiger partial charge in [0.15, 0.2) is 0 Å². The molecule has 5 heteroatoms. The largest absolute Gasteiger partial charge is 0.480 e. The van der Waals surface area contributed by atoms with Crippen molar-refractivity contribution in [2.75, 3.05) is 14.1 Å². The molecule has 0 aromatic heterocycles. The third-order valence-corrected chi connectivity index (χ3v) is 3.32. The van der Waals surface area contributed by atoms with Crippen molar-refractivity contribution in [3.05, 3.63) is 0 Å². The Morgan fingerprint density at radius 2 is 1.71 bits per heavy atom. The summed E-state index contributed by atoms with van der Waals surface area (Å²) < 4.78 is 0. The van der Waals surface area contributed by atoms with Crippen LogP contribution in [0.5, 0.6) is 0 Å². The number of aliphatic carboxylic acids is 1. The van der Waals surface area contributed by atoms with Gasteiger partial charge in [0.2, 0.25) is 0 Å². The molecule has 0 spiro atoms. The fourth-order valence-corrected chi connectivity index (χ4v) is 2.29. The van der Waals surface area contributed by atoms with Gasteiger partial charge in [-0.15, -0.1) is 0 Å². The molecule has 2 amide bonds. The lowest BCUT2D eigenvalue weighted by Gasteiger charge is -2.25. The summed E-state index contributed by atoms with van der Waals surface area (Å²) >= 11 is 0. The molecule has 0 aromatic rings. The van der Waals surface area contributed by atoms with E-state index in [0.29, 0.717) is 0 Å². The third kappa shape index (κ3) is 4.24. The molecule has 1 fully saturated rings. The molecule has 0 aliphatic heterocycles. The lowest BCUT2D eigenvalue weighted by atomic mass is 9.92. The van der Waals surface area contributed by atoms with Crippen molar-refractivity contribution in [1.82, 2.24) is 10.2 Å². The molecule has 1 atom stereocenters. The summed E-state index contributed by atoms with van der Waals surface area (Å²) in [5, 5.41) is 11.8. The van der Waals surface area contributed by atoms with E-state index in [2.05, 4.69) is 5.32 Å². The van der Waals surface area contributed by atoms with Crippen molar-refractivity contribution in [1.29, 1.82) is 0 Å². The van der Waals surface area contributed by atoms with Crippen LogP contribution in [0.4, 0.5) is 4.79 Å². The van der Waals surface area contributed by atoms with E-state index >= 15 is 0 Å². The molecule has 0 radical (unpaired) electrons. The Kier molecular flexibility index (Phi) is 5.25. The second kappa shape index (κ2) is 6.47. The van der Waals surface area contributed by atoms with Crippen LogP contribution in [0.3, 0.4) is 0 Å². The van der Waals surface area contributed by atoms with Gasteiger partial charge in [0.1, 0.15) is 6.04 Å². The predicted octanol–water partition coefficient (Wildman–Crippen LogP) is 1.68. The molecule has 0 saturated heterocycles. The minimum atomic E-state index is -0.924. The number of hydrogen-bond donors (Lipinski definition) is 2. The maximum absolute atomic E-state index is 11.5. The van der Waals surface area contributed by atoms with E-state index in [1.165, 1.54) is 17.7 Å². The van der Waals surface area contributed by atoms with Gasteiger partial charge in [-0.1, -0.05) is 25.7 Å². The second-order valence-corrected chi connectivity index (χ2v) is 4.91. The van der Waals surface area contributed by atoms with E-state index in [9.17, 15) is 14.7 Å². The lowest BCUT2D eigenvalue weighted by Crippen LogP contribution is -2.49. The first-order valence-electron chi connectivity index (χ1n) is 6.23. The number of nitrogens with zero attached hydrogens (tertiary/aromatic N) is 1. The molecule has 1 unspecified atom stereocenters. The number of carboxylic acid groups (broad SMARTS) is 1. The highest BCUT2D eigenvalue weighted by Crippen LogP contribution is 2.25. The SMILES string of the molecule is CN(C)C(=O)NC(C(=O)O)C1CCCCCC1. The van der Waals surface area contributed by atoms with Crippen LogP contribution in [0, 0.1) is 5.92 Å². The van der Waals surface area contributed by atoms with Crippen LogP contribution in [0.25, 0.3) is 0 Å². The zero-order chi connectivity index (χ0) is 12.8. The topological polar surface area (TPSA) is 69.6 Å². The molecule has 17 heavy (non-hydrogen) atoms. The van der Waals surface area contributed by atoms with E-state index in [1.807, 2.05) is 0 Å². The first-order chi connectivity index (χ1) is 8.02. The summed E-state index contributed by atoms with van der Waals surface area (Å²) in [4.78, 5) is 24.1. The number of carboxylic acids is 1. The van der Waals surface area contributed by atoms with Crippen LogP contribution >= 0.6 is 0 Å². The molecular weight excluding hydrogens is 220 g/mol. The monoisotopic (exact) mass is 242 g/mol. The molecule has 98 valence electrons. The number of rotatable bonds is 3. The van der Waals surface area contributed by atoms with Crippen LogP contribution in [0.15, 0.2) is 0 Å². The standard InChI is InChI=1S/C12H22N2O3/c1-14(2)12(17)13-10(11(15)16)9-7-5-3-4-6-8-9/h9-10H,3-8H2,1-2H3,(H,13,17)(H,15,16). The first kappa shape index (κ1) is 13.8. The Bertz CT molecular complexity index is 271. The van der Waals surface area contributed by atoms with Gasteiger partial charge in [-0.3, -0.25) is 0 Å². The lowest BCUT2D eigenvalue weighted by molar-refractivity contribution is -0.140. The Morgan fingerprint density at radius 3 is 2.12 bits per heavy atom. The van der Waals surface area contributed by atoms with Gasteiger partial charge >= 0.3 is 12.0 Å². The molecule has 1 rings (SSSR count). The zero-order valence-electron chi connectivity index (χ0n) is 10.6. The molecule has 5 nitrogen and oxygen atoms in total. The van der Waals surface area contributed by atoms with Gasteiger partial charge in [0.25, 0.3) is 0 Å². The van der Waals surface area contributed by atoms with Gasteiger partial charge in [-0.05, 0) is 18.8 Å². The van der Waals surface area contributed by atoms with Crippen molar-refractivity contribution >= 4 is 12.0 Å². The van der Waals surface area contributed by atoms with Gasteiger partial charge < -0.3 is 15.3 Å². The van der Waals surface area contributed by atoms with Gasteiger partial charge in [0, 0.05) is 14.1 Å². The summed E-state index contributed by atoms with van der Waals surface area (Å²) in [6.07, 6.45) is 6.25.